The van der Waals surface area contributed by atoms with Crippen LogP contribution in [-0.2, 0) is 12.7 Å². The molecule has 1 aromatic heterocycles. The Morgan fingerprint density at radius 1 is 1.15 bits per heavy atom. The van der Waals surface area contributed by atoms with Crippen molar-refractivity contribution in [3.05, 3.63) is 41.6 Å². The highest BCUT2D eigenvalue weighted by Crippen LogP contribution is 2.30. The summed E-state index contributed by atoms with van der Waals surface area (Å²) in [6.07, 6.45) is -4.36. The quantitative estimate of drug-likeness (QED) is 0.940. The molecular weight excluding hydrogens is 271 g/mol. The number of aromatic nitrogens is 2. The van der Waals surface area contributed by atoms with Crippen LogP contribution < -0.4 is 10.5 Å². The van der Waals surface area contributed by atoms with E-state index in [0.29, 0.717) is 17.0 Å². The molecule has 2 aromatic rings. The molecule has 0 spiro atoms. The molecule has 7 heteroatoms. The third-order valence-electron chi connectivity index (χ3n) is 2.66. The van der Waals surface area contributed by atoms with E-state index in [4.69, 9.17) is 10.5 Å². The first-order chi connectivity index (χ1) is 9.44. The monoisotopic (exact) mass is 283 g/mol. The summed E-state index contributed by atoms with van der Waals surface area (Å²) in [5, 5.41) is 0. The fourth-order valence-electron chi connectivity index (χ4n) is 1.65. The molecule has 0 aliphatic rings. The lowest BCUT2D eigenvalue weighted by atomic mass is 10.1. The molecule has 0 aliphatic carbocycles. The predicted octanol–water partition coefficient (Wildman–Crippen LogP) is 2.63. The van der Waals surface area contributed by atoms with Crippen molar-refractivity contribution in [2.75, 3.05) is 7.11 Å². The first-order valence-electron chi connectivity index (χ1n) is 5.73. The summed E-state index contributed by atoms with van der Waals surface area (Å²) in [5.41, 5.74) is 6.35. The summed E-state index contributed by atoms with van der Waals surface area (Å²) in [7, 11) is 1.41. The molecule has 2 rings (SSSR count). The van der Waals surface area contributed by atoms with E-state index in [-0.39, 0.29) is 12.6 Å². The van der Waals surface area contributed by atoms with Gasteiger partial charge < -0.3 is 10.5 Å². The minimum absolute atomic E-state index is 0.128. The second-order valence-electron chi connectivity index (χ2n) is 4.01. The van der Waals surface area contributed by atoms with Crippen LogP contribution in [0, 0.1) is 0 Å². The second-order valence-corrected chi connectivity index (χ2v) is 4.01. The molecule has 106 valence electrons. The van der Waals surface area contributed by atoms with Gasteiger partial charge in [-0.05, 0) is 18.2 Å². The van der Waals surface area contributed by atoms with Crippen LogP contribution in [0.5, 0.6) is 6.01 Å². The lowest BCUT2D eigenvalue weighted by Gasteiger charge is -2.09. The molecule has 0 unspecified atom stereocenters. The van der Waals surface area contributed by atoms with E-state index in [1.807, 2.05) is 0 Å². The van der Waals surface area contributed by atoms with Gasteiger partial charge in [-0.15, -0.1) is 0 Å². The average Bonchev–Trinajstić information content (AvgIpc) is 2.46. The van der Waals surface area contributed by atoms with Crippen molar-refractivity contribution in [3.63, 3.8) is 0 Å². The number of hydrogen-bond acceptors (Lipinski definition) is 4. The van der Waals surface area contributed by atoms with Crippen LogP contribution in [0.25, 0.3) is 11.3 Å². The normalized spacial score (nSPS) is 11.4. The Labute approximate surface area is 113 Å². The number of hydrogen-bond donors (Lipinski definition) is 1. The van der Waals surface area contributed by atoms with E-state index in [9.17, 15) is 13.2 Å². The van der Waals surface area contributed by atoms with Crippen molar-refractivity contribution in [3.8, 4) is 17.3 Å². The molecule has 0 saturated heterocycles. The number of nitrogens with two attached hydrogens (primary N) is 1. The van der Waals surface area contributed by atoms with Crippen LogP contribution in [0.2, 0.25) is 0 Å². The van der Waals surface area contributed by atoms with E-state index in [1.54, 1.807) is 6.07 Å². The van der Waals surface area contributed by atoms with Gasteiger partial charge in [-0.1, -0.05) is 12.1 Å². The van der Waals surface area contributed by atoms with Gasteiger partial charge in [-0.3, -0.25) is 0 Å². The molecule has 0 saturated carbocycles. The zero-order chi connectivity index (χ0) is 14.8. The highest BCUT2D eigenvalue weighted by atomic mass is 19.4. The maximum atomic E-state index is 12.5. The fourth-order valence-corrected chi connectivity index (χ4v) is 1.65. The van der Waals surface area contributed by atoms with Gasteiger partial charge in [-0.25, -0.2) is 0 Å². The molecule has 4 nitrogen and oxygen atoms in total. The first kappa shape index (κ1) is 14.3. The molecule has 0 fully saturated rings. The van der Waals surface area contributed by atoms with Crippen LogP contribution in [0.4, 0.5) is 13.2 Å². The summed E-state index contributed by atoms with van der Waals surface area (Å²) < 4.78 is 42.4. The molecule has 1 aromatic carbocycles. The van der Waals surface area contributed by atoms with Gasteiger partial charge in [0.15, 0.2) is 0 Å². The van der Waals surface area contributed by atoms with Gasteiger partial charge in [0.2, 0.25) is 0 Å². The minimum Gasteiger partial charge on any atom is -0.467 e. The third kappa shape index (κ3) is 3.05. The number of ether oxygens (including phenoxy) is 1. The topological polar surface area (TPSA) is 61.0 Å². The van der Waals surface area contributed by atoms with Crippen LogP contribution in [0.3, 0.4) is 0 Å². The van der Waals surface area contributed by atoms with Crippen molar-refractivity contribution < 1.29 is 17.9 Å². The van der Waals surface area contributed by atoms with E-state index in [0.717, 1.165) is 12.1 Å². The Morgan fingerprint density at radius 3 is 2.30 bits per heavy atom. The number of methoxy groups -OCH3 is 1. The van der Waals surface area contributed by atoms with Crippen molar-refractivity contribution >= 4 is 0 Å². The van der Waals surface area contributed by atoms with Crippen molar-refractivity contribution in [2.45, 2.75) is 12.7 Å². The zero-order valence-corrected chi connectivity index (χ0v) is 10.6. The highest BCUT2D eigenvalue weighted by Gasteiger charge is 2.30. The van der Waals surface area contributed by atoms with E-state index >= 15 is 0 Å². The number of rotatable bonds is 3. The van der Waals surface area contributed by atoms with E-state index in [2.05, 4.69) is 9.97 Å². The Hall–Kier alpha value is -2.15. The smallest absolute Gasteiger partial charge is 0.416 e. The summed E-state index contributed by atoms with van der Waals surface area (Å²) in [6, 6.07) is 6.46. The van der Waals surface area contributed by atoms with Crippen LogP contribution in [0.15, 0.2) is 30.3 Å². The predicted molar refractivity (Wildman–Crippen MR) is 66.9 cm³/mol. The van der Waals surface area contributed by atoms with Crippen molar-refractivity contribution in [1.82, 2.24) is 9.97 Å². The molecule has 0 bridgehead atoms. The Morgan fingerprint density at radius 2 is 1.80 bits per heavy atom. The van der Waals surface area contributed by atoms with Gasteiger partial charge in [0.1, 0.15) is 0 Å². The number of alkyl halides is 3. The fraction of sp³-hybridized carbons (Fsp3) is 0.231. The maximum absolute atomic E-state index is 12.5. The Balaban J connectivity index is 2.41. The number of halogens is 3. The van der Waals surface area contributed by atoms with Crippen molar-refractivity contribution in [2.24, 2.45) is 5.73 Å². The lowest BCUT2D eigenvalue weighted by Crippen LogP contribution is -2.05. The number of nitrogens with zero attached hydrogens (tertiary/aromatic N) is 2. The van der Waals surface area contributed by atoms with E-state index < -0.39 is 11.7 Å². The van der Waals surface area contributed by atoms with Gasteiger partial charge in [0.25, 0.3) is 0 Å². The van der Waals surface area contributed by atoms with Crippen molar-refractivity contribution in [1.29, 1.82) is 0 Å². The minimum atomic E-state index is -4.36. The summed E-state index contributed by atoms with van der Waals surface area (Å²) in [6.45, 7) is 0.187. The average molecular weight is 283 g/mol. The van der Waals surface area contributed by atoms with E-state index in [1.165, 1.54) is 19.2 Å². The molecule has 0 amide bonds. The molecule has 20 heavy (non-hydrogen) atoms. The largest absolute Gasteiger partial charge is 0.467 e. The summed E-state index contributed by atoms with van der Waals surface area (Å²) in [5.74, 6) is 0. The van der Waals surface area contributed by atoms with Gasteiger partial charge in [0.05, 0.1) is 24.1 Å². The molecule has 0 radical (unpaired) electrons. The zero-order valence-electron chi connectivity index (χ0n) is 10.6. The first-order valence-corrected chi connectivity index (χ1v) is 5.73. The highest BCUT2D eigenvalue weighted by molar-refractivity contribution is 5.60. The summed E-state index contributed by atoms with van der Waals surface area (Å²) in [4.78, 5) is 8.11. The standard InChI is InChI=1S/C13H12F3N3O/c1-20-12-18-10(7-17)6-11(19-12)8-2-4-9(5-3-8)13(14,15)16/h2-6H,7,17H2,1H3. The third-order valence-corrected chi connectivity index (χ3v) is 2.66. The van der Waals surface area contributed by atoms with Gasteiger partial charge >= 0.3 is 12.2 Å². The maximum Gasteiger partial charge on any atom is 0.416 e. The molecule has 0 atom stereocenters. The van der Waals surface area contributed by atoms with Gasteiger partial charge in [-0.2, -0.15) is 23.1 Å². The molecular formula is C13H12F3N3O. The summed E-state index contributed by atoms with van der Waals surface area (Å²) >= 11 is 0. The lowest BCUT2D eigenvalue weighted by molar-refractivity contribution is -0.137. The Kier molecular flexibility index (Phi) is 3.89. The SMILES string of the molecule is COc1nc(CN)cc(-c2ccc(C(F)(F)F)cc2)n1. The molecule has 1 heterocycles. The van der Waals surface area contributed by atoms with Crippen LogP contribution >= 0.6 is 0 Å². The number of benzene rings is 1. The Bertz CT molecular complexity index is 575. The second kappa shape index (κ2) is 5.46. The molecule has 2 N–H and O–H groups in total. The van der Waals surface area contributed by atoms with Crippen LogP contribution in [0.1, 0.15) is 11.3 Å². The van der Waals surface area contributed by atoms with Gasteiger partial charge in [0, 0.05) is 12.1 Å². The van der Waals surface area contributed by atoms with Crippen LogP contribution in [-0.4, -0.2) is 17.1 Å². The molecule has 0 aliphatic heterocycles.